The van der Waals surface area contributed by atoms with Gasteiger partial charge in [-0.3, -0.25) is 9.78 Å². The zero-order valence-electron chi connectivity index (χ0n) is 15.8. The summed E-state index contributed by atoms with van der Waals surface area (Å²) in [6.45, 7) is 4.96. The quantitative estimate of drug-likeness (QED) is 0.805. The van der Waals surface area contributed by atoms with E-state index in [4.69, 9.17) is 9.26 Å². The normalized spacial score (nSPS) is 21.7. The van der Waals surface area contributed by atoms with Crippen LogP contribution in [-0.4, -0.2) is 52.2 Å². The van der Waals surface area contributed by atoms with E-state index in [-0.39, 0.29) is 17.2 Å². The number of rotatable bonds is 5. The number of hydrogen-bond donors (Lipinski definition) is 0. The highest BCUT2D eigenvalue weighted by Gasteiger charge is 2.51. The molecule has 0 unspecified atom stereocenters. The molecule has 0 saturated carbocycles. The Morgan fingerprint density at radius 1 is 1.37 bits per heavy atom. The molecule has 2 aromatic rings. The average Bonchev–Trinajstić information content (AvgIpc) is 3.33. The first-order chi connectivity index (χ1) is 13.2. The topological polar surface area (TPSA) is 81.4 Å². The lowest BCUT2D eigenvalue weighted by Crippen LogP contribution is -2.37. The molecule has 0 aromatic carbocycles. The zero-order valence-corrected chi connectivity index (χ0v) is 15.8. The molecule has 27 heavy (non-hydrogen) atoms. The molecule has 0 aliphatic carbocycles. The molecule has 4 rings (SSSR count). The van der Waals surface area contributed by atoms with E-state index in [1.807, 2.05) is 17.0 Å². The second-order valence-electron chi connectivity index (χ2n) is 7.60. The number of likely N-dealkylation sites (tertiary alicyclic amines) is 1. The minimum Gasteiger partial charge on any atom is -0.381 e. The van der Waals surface area contributed by atoms with Gasteiger partial charge in [-0.2, -0.15) is 4.98 Å². The third-order valence-electron chi connectivity index (χ3n) is 5.89. The van der Waals surface area contributed by atoms with E-state index in [0.717, 1.165) is 51.0 Å². The summed E-state index contributed by atoms with van der Waals surface area (Å²) in [4.78, 5) is 23.4. The van der Waals surface area contributed by atoms with Crippen LogP contribution in [0.15, 0.2) is 29.0 Å². The minimum atomic E-state index is -0.0289. The van der Waals surface area contributed by atoms with Gasteiger partial charge in [0, 0.05) is 56.1 Å². The molecule has 2 aliphatic heterocycles. The number of ether oxygens (including phenoxy) is 1. The van der Waals surface area contributed by atoms with E-state index in [9.17, 15) is 4.79 Å². The van der Waals surface area contributed by atoms with Gasteiger partial charge in [0.05, 0.1) is 5.92 Å². The molecule has 144 valence electrons. The summed E-state index contributed by atoms with van der Waals surface area (Å²) in [5, 5.41) is 4.17. The fourth-order valence-electron chi connectivity index (χ4n) is 4.26. The lowest BCUT2D eigenvalue weighted by molar-refractivity contribution is -0.131. The van der Waals surface area contributed by atoms with Crippen molar-refractivity contribution < 1.29 is 14.1 Å². The minimum absolute atomic E-state index is 0.0289. The van der Waals surface area contributed by atoms with Gasteiger partial charge in [-0.05, 0) is 31.4 Å². The Labute approximate surface area is 159 Å². The lowest BCUT2D eigenvalue weighted by Gasteiger charge is -2.36. The Hall–Kier alpha value is -2.28. The van der Waals surface area contributed by atoms with Gasteiger partial charge < -0.3 is 14.2 Å². The van der Waals surface area contributed by atoms with Crippen molar-refractivity contribution in [2.75, 3.05) is 26.3 Å². The van der Waals surface area contributed by atoms with Gasteiger partial charge in [0.2, 0.25) is 17.6 Å². The molecule has 2 aliphatic rings. The summed E-state index contributed by atoms with van der Waals surface area (Å²) in [7, 11) is 0. The van der Waals surface area contributed by atoms with Crippen LogP contribution < -0.4 is 0 Å². The molecule has 7 heteroatoms. The third kappa shape index (κ3) is 3.60. The van der Waals surface area contributed by atoms with Gasteiger partial charge in [0.25, 0.3) is 0 Å². The van der Waals surface area contributed by atoms with Crippen LogP contribution in [0, 0.1) is 5.41 Å². The lowest BCUT2D eigenvalue weighted by atomic mass is 9.72. The summed E-state index contributed by atoms with van der Waals surface area (Å²) in [6.07, 6.45) is 7.86. The van der Waals surface area contributed by atoms with Crippen molar-refractivity contribution in [1.82, 2.24) is 20.0 Å². The highest BCUT2D eigenvalue weighted by Crippen LogP contribution is 2.49. The number of carbonyl (C=O) groups excluding carboxylic acids is 1. The molecule has 0 bridgehead atoms. The molecule has 7 nitrogen and oxygen atoms in total. The molecule has 1 atom stereocenters. The van der Waals surface area contributed by atoms with E-state index < -0.39 is 0 Å². The second kappa shape index (κ2) is 7.76. The van der Waals surface area contributed by atoms with E-state index >= 15 is 0 Å². The van der Waals surface area contributed by atoms with Crippen LogP contribution in [0.4, 0.5) is 0 Å². The van der Waals surface area contributed by atoms with Crippen LogP contribution in [0.25, 0.3) is 11.4 Å². The Bertz CT molecular complexity index is 771. The maximum atomic E-state index is 12.7. The summed E-state index contributed by atoms with van der Waals surface area (Å²) in [5.74, 6) is 1.47. The van der Waals surface area contributed by atoms with Crippen molar-refractivity contribution in [1.29, 1.82) is 0 Å². The van der Waals surface area contributed by atoms with Gasteiger partial charge in [0.1, 0.15) is 0 Å². The van der Waals surface area contributed by atoms with Gasteiger partial charge in [-0.1, -0.05) is 18.5 Å². The number of aromatic nitrogens is 3. The average molecular weight is 370 g/mol. The summed E-state index contributed by atoms with van der Waals surface area (Å²) >= 11 is 0. The van der Waals surface area contributed by atoms with Gasteiger partial charge in [0.15, 0.2) is 0 Å². The molecule has 4 heterocycles. The SMILES string of the molecule is CCCCC(=O)N1C[C@H](c2nc(-c3cccnc3)no2)C2(CCOCC2)C1. The second-order valence-corrected chi connectivity index (χ2v) is 7.60. The Morgan fingerprint density at radius 3 is 2.96 bits per heavy atom. The predicted molar refractivity (Wildman–Crippen MR) is 98.9 cm³/mol. The van der Waals surface area contributed by atoms with Crippen molar-refractivity contribution in [3.05, 3.63) is 30.4 Å². The molecule has 1 amide bonds. The van der Waals surface area contributed by atoms with Crippen LogP contribution in [0.2, 0.25) is 0 Å². The van der Waals surface area contributed by atoms with Crippen LogP contribution in [0.3, 0.4) is 0 Å². The van der Waals surface area contributed by atoms with E-state index in [1.165, 1.54) is 0 Å². The molecule has 0 radical (unpaired) electrons. The first-order valence-corrected chi connectivity index (χ1v) is 9.81. The first-order valence-electron chi connectivity index (χ1n) is 9.81. The number of nitrogens with zero attached hydrogens (tertiary/aromatic N) is 4. The standard InChI is InChI=1S/C20H26N4O3/c1-2-3-6-17(25)24-13-16(20(14-24)7-10-26-11-8-20)19-22-18(23-27-19)15-5-4-9-21-12-15/h4-5,9,12,16H,2-3,6-8,10-11,13-14H2,1H3/t16-/m1/s1. The van der Waals surface area contributed by atoms with Crippen molar-refractivity contribution >= 4 is 5.91 Å². The van der Waals surface area contributed by atoms with Gasteiger partial charge in [-0.25, -0.2) is 0 Å². The molecule has 2 fully saturated rings. The summed E-state index contributed by atoms with van der Waals surface area (Å²) in [5.41, 5.74) is 0.807. The zero-order chi connectivity index (χ0) is 18.7. The number of carbonyl (C=O) groups is 1. The third-order valence-corrected chi connectivity index (χ3v) is 5.89. The number of hydrogen-bond acceptors (Lipinski definition) is 6. The van der Waals surface area contributed by atoms with E-state index in [1.54, 1.807) is 12.4 Å². The van der Waals surface area contributed by atoms with Gasteiger partial charge >= 0.3 is 0 Å². The fourth-order valence-corrected chi connectivity index (χ4v) is 4.26. The van der Waals surface area contributed by atoms with Crippen LogP contribution in [0.1, 0.15) is 50.8 Å². The van der Waals surface area contributed by atoms with E-state index in [2.05, 4.69) is 22.0 Å². The smallest absolute Gasteiger partial charge is 0.232 e. The van der Waals surface area contributed by atoms with Crippen LogP contribution >= 0.6 is 0 Å². The van der Waals surface area contributed by atoms with E-state index in [0.29, 0.717) is 24.7 Å². The largest absolute Gasteiger partial charge is 0.381 e. The molecular weight excluding hydrogens is 344 g/mol. The monoisotopic (exact) mass is 370 g/mol. The first kappa shape index (κ1) is 18.1. The fraction of sp³-hybridized carbons (Fsp3) is 0.600. The number of amides is 1. The molecule has 0 N–H and O–H groups in total. The predicted octanol–water partition coefficient (Wildman–Crippen LogP) is 3.04. The molecule has 2 aromatic heterocycles. The Balaban J connectivity index is 1.59. The Morgan fingerprint density at radius 2 is 2.22 bits per heavy atom. The molecule has 2 saturated heterocycles. The van der Waals surface area contributed by atoms with Crippen LogP contribution in [0.5, 0.6) is 0 Å². The summed E-state index contributed by atoms with van der Waals surface area (Å²) in [6, 6.07) is 3.77. The highest BCUT2D eigenvalue weighted by molar-refractivity contribution is 5.76. The Kier molecular flexibility index (Phi) is 5.20. The maximum absolute atomic E-state index is 12.7. The van der Waals surface area contributed by atoms with Crippen molar-refractivity contribution in [2.45, 2.75) is 44.9 Å². The summed E-state index contributed by atoms with van der Waals surface area (Å²) < 4.78 is 11.3. The maximum Gasteiger partial charge on any atom is 0.232 e. The van der Waals surface area contributed by atoms with Crippen molar-refractivity contribution in [3.8, 4) is 11.4 Å². The molecule has 1 spiro atoms. The van der Waals surface area contributed by atoms with Crippen molar-refractivity contribution in [2.24, 2.45) is 5.41 Å². The molecular formula is C20H26N4O3. The number of unbranched alkanes of at least 4 members (excludes halogenated alkanes) is 1. The van der Waals surface area contributed by atoms with Gasteiger partial charge in [-0.15, -0.1) is 0 Å². The number of pyridine rings is 1. The highest BCUT2D eigenvalue weighted by atomic mass is 16.5. The van der Waals surface area contributed by atoms with Crippen LogP contribution in [-0.2, 0) is 9.53 Å². The van der Waals surface area contributed by atoms with Crippen molar-refractivity contribution in [3.63, 3.8) is 0 Å².